The number of imidazole rings is 1. The SMILES string of the molecule is Cc1nc2sccn2c1CN1CCCC(C(=O)c2cccc(C(F)(F)F)c2)C1. The molecule has 1 aliphatic heterocycles. The summed E-state index contributed by atoms with van der Waals surface area (Å²) in [6.45, 7) is 4.06. The molecular formula is C20H20F3N3OS. The van der Waals surface area contributed by atoms with Crippen molar-refractivity contribution in [3.05, 3.63) is 58.4 Å². The molecule has 1 atom stereocenters. The first-order valence-electron chi connectivity index (χ1n) is 9.18. The van der Waals surface area contributed by atoms with Gasteiger partial charge >= 0.3 is 6.18 Å². The van der Waals surface area contributed by atoms with Gasteiger partial charge in [-0.25, -0.2) is 4.98 Å². The van der Waals surface area contributed by atoms with E-state index in [1.807, 2.05) is 18.5 Å². The number of carbonyl (C=O) groups is 1. The highest BCUT2D eigenvalue weighted by Crippen LogP contribution is 2.31. The van der Waals surface area contributed by atoms with E-state index in [1.165, 1.54) is 12.1 Å². The lowest BCUT2D eigenvalue weighted by atomic mass is 9.89. The molecule has 4 rings (SSSR count). The molecule has 0 N–H and O–H groups in total. The van der Waals surface area contributed by atoms with E-state index < -0.39 is 11.7 Å². The third kappa shape index (κ3) is 3.71. The zero-order valence-corrected chi connectivity index (χ0v) is 16.2. The molecule has 0 aliphatic carbocycles. The summed E-state index contributed by atoms with van der Waals surface area (Å²) in [6.07, 6.45) is -0.907. The fourth-order valence-electron chi connectivity index (χ4n) is 3.84. The number of benzene rings is 1. The molecule has 0 amide bonds. The number of carbonyl (C=O) groups excluding carboxylic acids is 1. The van der Waals surface area contributed by atoms with Crippen LogP contribution in [-0.4, -0.2) is 33.2 Å². The molecule has 3 aromatic rings. The summed E-state index contributed by atoms with van der Waals surface area (Å²) < 4.78 is 40.9. The van der Waals surface area contributed by atoms with Crippen molar-refractivity contribution in [1.82, 2.24) is 14.3 Å². The third-order valence-electron chi connectivity index (χ3n) is 5.29. The highest BCUT2D eigenvalue weighted by atomic mass is 32.1. The highest BCUT2D eigenvalue weighted by molar-refractivity contribution is 7.15. The van der Waals surface area contributed by atoms with E-state index in [0.717, 1.165) is 41.4 Å². The molecule has 1 fully saturated rings. The van der Waals surface area contributed by atoms with Crippen LogP contribution in [0, 0.1) is 12.8 Å². The number of halogens is 3. The molecule has 2 aromatic heterocycles. The smallest absolute Gasteiger partial charge is 0.297 e. The summed E-state index contributed by atoms with van der Waals surface area (Å²) >= 11 is 1.58. The number of aryl methyl sites for hydroxylation is 1. The minimum absolute atomic E-state index is 0.141. The van der Waals surface area contributed by atoms with E-state index in [1.54, 1.807) is 11.3 Å². The van der Waals surface area contributed by atoms with Crippen molar-refractivity contribution in [3.8, 4) is 0 Å². The second-order valence-corrected chi connectivity index (χ2v) is 8.09. The van der Waals surface area contributed by atoms with Crippen molar-refractivity contribution in [2.45, 2.75) is 32.5 Å². The number of aromatic nitrogens is 2. The average molecular weight is 407 g/mol. The van der Waals surface area contributed by atoms with Crippen LogP contribution in [0.15, 0.2) is 35.8 Å². The lowest BCUT2D eigenvalue weighted by molar-refractivity contribution is -0.137. The van der Waals surface area contributed by atoms with Gasteiger partial charge in [-0.15, -0.1) is 11.3 Å². The van der Waals surface area contributed by atoms with Gasteiger partial charge in [0, 0.05) is 36.1 Å². The summed E-state index contributed by atoms with van der Waals surface area (Å²) in [6, 6.07) is 4.75. The Morgan fingerprint density at radius 2 is 2.18 bits per heavy atom. The number of thiazole rings is 1. The van der Waals surface area contributed by atoms with E-state index >= 15 is 0 Å². The normalized spacial score (nSPS) is 18.6. The second-order valence-electron chi connectivity index (χ2n) is 7.22. The molecule has 1 unspecified atom stereocenters. The molecule has 0 bridgehead atoms. The first-order chi connectivity index (χ1) is 13.3. The summed E-state index contributed by atoms with van der Waals surface area (Å²) in [5, 5.41) is 1.99. The zero-order chi connectivity index (χ0) is 19.9. The van der Waals surface area contributed by atoms with Gasteiger partial charge < -0.3 is 0 Å². The van der Waals surface area contributed by atoms with Crippen LogP contribution >= 0.6 is 11.3 Å². The largest absolute Gasteiger partial charge is 0.416 e. The maximum Gasteiger partial charge on any atom is 0.416 e. The molecule has 28 heavy (non-hydrogen) atoms. The molecule has 0 spiro atoms. The van der Waals surface area contributed by atoms with Crippen molar-refractivity contribution in [3.63, 3.8) is 0 Å². The van der Waals surface area contributed by atoms with Gasteiger partial charge in [-0.1, -0.05) is 12.1 Å². The maximum atomic E-state index is 13.0. The van der Waals surface area contributed by atoms with Crippen LogP contribution in [-0.2, 0) is 12.7 Å². The molecule has 1 aliphatic rings. The fourth-order valence-corrected chi connectivity index (χ4v) is 4.62. The summed E-state index contributed by atoms with van der Waals surface area (Å²) in [5.74, 6) is -0.495. The van der Waals surface area contributed by atoms with Crippen molar-refractivity contribution in [2.75, 3.05) is 13.1 Å². The first-order valence-corrected chi connectivity index (χ1v) is 10.1. The Morgan fingerprint density at radius 1 is 1.36 bits per heavy atom. The lowest BCUT2D eigenvalue weighted by Crippen LogP contribution is -2.38. The lowest BCUT2D eigenvalue weighted by Gasteiger charge is -2.32. The standard InChI is InChI=1S/C20H20F3N3OS/c1-13-17(26-8-9-28-19(26)24-13)12-25-7-3-5-15(11-25)18(27)14-4-2-6-16(10-14)20(21,22)23/h2,4,6,8-10,15H,3,5,7,11-12H2,1H3. The zero-order valence-electron chi connectivity index (χ0n) is 15.4. The number of fused-ring (bicyclic) bond motifs is 1. The number of hydrogen-bond donors (Lipinski definition) is 0. The number of likely N-dealkylation sites (tertiary alicyclic amines) is 1. The van der Waals surface area contributed by atoms with Crippen LogP contribution < -0.4 is 0 Å². The number of hydrogen-bond acceptors (Lipinski definition) is 4. The Labute approximate surface area is 164 Å². The molecule has 0 saturated carbocycles. The van der Waals surface area contributed by atoms with E-state index in [4.69, 9.17) is 0 Å². The van der Waals surface area contributed by atoms with E-state index in [0.29, 0.717) is 19.5 Å². The Kier molecular flexibility index (Phi) is 5.01. The minimum atomic E-state index is -4.44. The molecule has 8 heteroatoms. The first kappa shape index (κ1) is 19.1. The second kappa shape index (κ2) is 7.33. The molecule has 0 radical (unpaired) electrons. The Morgan fingerprint density at radius 3 is 2.96 bits per heavy atom. The summed E-state index contributed by atoms with van der Waals surface area (Å²) in [7, 11) is 0. The van der Waals surface area contributed by atoms with Crippen molar-refractivity contribution in [2.24, 2.45) is 5.92 Å². The quantitative estimate of drug-likeness (QED) is 0.582. The van der Waals surface area contributed by atoms with Gasteiger partial charge in [0.25, 0.3) is 0 Å². The summed E-state index contributed by atoms with van der Waals surface area (Å²) in [4.78, 5) is 20.6. The van der Waals surface area contributed by atoms with Gasteiger partial charge in [-0.3, -0.25) is 14.1 Å². The maximum absolute atomic E-state index is 13.0. The van der Waals surface area contributed by atoms with Gasteiger partial charge in [0.05, 0.1) is 17.0 Å². The van der Waals surface area contributed by atoms with Gasteiger partial charge in [-0.05, 0) is 38.4 Å². The molecular weight excluding hydrogens is 387 g/mol. The number of rotatable bonds is 4. The summed E-state index contributed by atoms with van der Waals surface area (Å²) in [5.41, 5.74) is 1.43. The van der Waals surface area contributed by atoms with Gasteiger partial charge in [-0.2, -0.15) is 13.2 Å². The van der Waals surface area contributed by atoms with Crippen LogP contribution in [0.25, 0.3) is 4.96 Å². The molecule has 3 heterocycles. The van der Waals surface area contributed by atoms with E-state index in [2.05, 4.69) is 14.3 Å². The van der Waals surface area contributed by atoms with E-state index in [9.17, 15) is 18.0 Å². The average Bonchev–Trinajstić information content (AvgIpc) is 3.23. The van der Waals surface area contributed by atoms with Crippen LogP contribution in [0.4, 0.5) is 13.2 Å². The van der Waals surface area contributed by atoms with Crippen LogP contribution in [0.2, 0.25) is 0 Å². The molecule has 1 saturated heterocycles. The highest BCUT2D eigenvalue weighted by Gasteiger charge is 2.32. The number of nitrogens with zero attached hydrogens (tertiary/aromatic N) is 3. The predicted molar refractivity (Wildman–Crippen MR) is 102 cm³/mol. The fraction of sp³-hybridized carbons (Fsp3) is 0.400. The third-order valence-corrected chi connectivity index (χ3v) is 6.04. The van der Waals surface area contributed by atoms with E-state index in [-0.39, 0.29) is 17.3 Å². The molecule has 4 nitrogen and oxygen atoms in total. The van der Waals surface area contributed by atoms with Crippen LogP contribution in [0.3, 0.4) is 0 Å². The van der Waals surface area contributed by atoms with Crippen molar-refractivity contribution >= 4 is 22.1 Å². The van der Waals surface area contributed by atoms with Gasteiger partial charge in [0.2, 0.25) is 0 Å². The molecule has 1 aromatic carbocycles. The van der Waals surface area contributed by atoms with Crippen molar-refractivity contribution in [1.29, 1.82) is 0 Å². The Bertz CT molecular complexity index is 1010. The number of Topliss-reactive ketones (excluding diaryl/α,β-unsaturated/α-hetero) is 1. The van der Waals surface area contributed by atoms with Crippen LogP contribution in [0.1, 0.15) is 40.2 Å². The number of alkyl halides is 3. The van der Waals surface area contributed by atoms with Crippen LogP contribution in [0.5, 0.6) is 0 Å². The topological polar surface area (TPSA) is 37.6 Å². The molecule has 148 valence electrons. The Balaban J connectivity index is 1.50. The number of ketones is 1. The van der Waals surface area contributed by atoms with Gasteiger partial charge in [0.1, 0.15) is 0 Å². The predicted octanol–water partition coefficient (Wildman–Crippen LogP) is 4.82. The Hall–Kier alpha value is -2.19. The van der Waals surface area contributed by atoms with Gasteiger partial charge in [0.15, 0.2) is 10.7 Å². The number of piperidine rings is 1. The monoisotopic (exact) mass is 407 g/mol. The minimum Gasteiger partial charge on any atom is -0.297 e. The van der Waals surface area contributed by atoms with Crippen molar-refractivity contribution < 1.29 is 18.0 Å².